The van der Waals surface area contributed by atoms with E-state index in [9.17, 15) is 9.50 Å². The first-order chi connectivity index (χ1) is 12.2. The molecule has 25 heavy (non-hydrogen) atoms. The molecule has 136 valence electrons. The standard InChI is InChI=1S/C19H24FNO4/c1-23-17-8-6-15(7-9-17)13-24-14-16(22)12-21-18-4-2-3-5-19(18)25-11-10-20/h2-9,16,21-22H,10-14H2,1H3. The number of ether oxygens (including phenoxy) is 3. The van der Waals surface area contributed by atoms with Gasteiger partial charge >= 0.3 is 0 Å². The molecule has 2 N–H and O–H groups in total. The molecule has 0 aliphatic rings. The lowest BCUT2D eigenvalue weighted by Crippen LogP contribution is -2.25. The SMILES string of the molecule is COc1ccc(COCC(O)CNc2ccccc2OCCF)cc1. The summed E-state index contributed by atoms with van der Waals surface area (Å²) in [5, 5.41) is 13.1. The molecular formula is C19H24FNO4. The number of benzene rings is 2. The highest BCUT2D eigenvalue weighted by Crippen LogP contribution is 2.23. The van der Waals surface area contributed by atoms with E-state index in [4.69, 9.17) is 14.2 Å². The number of nitrogens with one attached hydrogen (secondary N) is 1. The lowest BCUT2D eigenvalue weighted by molar-refractivity contribution is 0.0348. The summed E-state index contributed by atoms with van der Waals surface area (Å²) < 4.78 is 28.2. The van der Waals surface area contributed by atoms with Crippen LogP contribution >= 0.6 is 0 Å². The molecule has 0 saturated carbocycles. The quantitative estimate of drug-likeness (QED) is 0.653. The Bertz CT molecular complexity index is 621. The molecule has 1 atom stereocenters. The molecule has 5 nitrogen and oxygen atoms in total. The van der Waals surface area contributed by atoms with Gasteiger partial charge in [0.25, 0.3) is 0 Å². The van der Waals surface area contributed by atoms with Gasteiger partial charge in [0.2, 0.25) is 0 Å². The third-order valence-electron chi connectivity index (χ3n) is 3.49. The highest BCUT2D eigenvalue weighted by atomic mass is 19.1. The topological polar surface area (TPSA) is 60.0 Å². The van der Waals surface area contributed by atoms with E-state index < -0.39 is 12.8 Å². The summed E-state index contributed by atoms with van der Waals surface area (Å²) in [7, 11) is 1.62. The van der Waals surface area contributed by atoms with Crippen LogP contribution in [0.3, 0.4) is 0 Å². The van der Waals surface area contributed by atoms with E-state index in [1.807, 2.05) is 42.5 Å². The van der Waals surface area contributed by atoms with Crippen molar-refractivity contribution in [1.29, 1.82) is 0 Å². The van der Waals surface area contributed by atoms with Crippen molar-refractivity contribution in [3.8, 4) is 11.5 Å². The predicted molar refractivity (Wildman–Crippen MR) is 95.1 cm³/mol. The van der Waals surface area contributed by atoms with E-state index >= 15 is 0 Å². The average Bonchev–Trinajstić information content (AvgIpc) is 2.66. The van der Waals surface area contributed by atoms with Crippen molar-refractivity contribution in [3.05, 3.63) is 54.1 Å². The molecule has 0 aliphatic heterocycles. The van der Waals surface area contributed by atoms with Crippen LogP contribution in [0.4, 0.5) is 10.1 Å². The van der Waals surface area contributed by atoms with E-state index in [1.165, 1.54) is 0 Å². The number of rotatable bonds is 11. The van der Waals surface area contributed by atoms with Crippen LogP contribution < -0.4 is 14.8 Å². The predicted octanol–water partition coefficient (Wildman–Crippen LogP) is 3.03. The van der Waals surface area contributed by atoms with Crippen molar-refractivity contribution in [2.45, 2.75) is 12.7 Å². The van der Waals surface area contributed by atoms with Gasteiger partial charge in [0.1, 0.15) is 24.8 Å². The summed E-state index contributed by atoms with van der Waals surface area (Å²) in [6.45, 7) is 0.380. The maximum absolute atomic E-state index is 12.2. The summed E-state index contributed by atoms with van der Waals surface area (Å²) in [6.07, 6.45) is -0.674. The molecule has 0 saturated heterocycles. The van der Waals surface area contributed by atoms with E-state index in [0.717, 1.165) is 11.3 Å². The van der Waals surface area contributed by atoms with Gasteiger partial charge in [-0.1, -0.05) is 24.3 Å². The van der Waals surface area contributed by atoms with Crippen LogP contribution in [0, 0.1) is 0 Å². The zero-order valence-corrected chi connectivity index (χ0v) is 14.3. The molecule has 2 aromatic rings. The van der Waals surface area contributed by atoms with Gasteiger partial charge in [0.05, 0.1) is 32.1 Å². The fraction of sp³-hybridized carbons (Fsp3) is 0.368. The summed E-state index contributed by atoms with van der Waals surface area (Å²) in [5.41, 5.74) is 1.72. The van der Waals surface area contributed by atoms with E-state index in [2.05, 4.69) is 5.32 Å². The number of aliphatic hydroxyl groups is 1. The lowest BCUT2D eigenvalue weighted by Gasteiger charge is -2.16. The molecule has 2 aromatic carbocycles. The Hall–Kier alpha value is -2.31. The molecule has 6 heteroatoms. The van der Waals surface area contributed by atoms with E-state index in [1.54, 1.807) is 13.2 Å². The molecule has 0 amide bonds. The summed E-state index contributed by atoms with van der Waals surface area (Å²) in [5.74, 6) is 1.35. The second kappa shape index (κ2) is 10.5. The first-order valence-electron chi connectivity index (χ1n) is 8.13. The van der Waals surface area contributed by atoms with Crippen molar-refractivity contribution < 1.29 is 23.7 Å². The molecule has 1 unspecified atom stereocenters. The largest absolute Gasteiger partial charge is 0.497 e. The minimum absolute atomic E-state index is 0.00617. The highest BCUT2D eigenvalue weighted by molar-refractivity contribution is 5.56. The number of hydrogen-bond acceptors (Lipinski definition) is 5. The van der Waals surface area contributed by atoms with Crippen molar-refractivity contribution in [2.75, 3.05) is 38.9 Å². The smallest absolute Gasteiger partial charge is 0.142 e. The van der Waals surface area contributed by atoms with Crippen molar-refractivity contribution >= 4 is 5.69 Å². The van der Waals surface area contributed by atoms with E-state index in [-0.39, 0.29) is 13.2 Å². The molecule has 0 spiro atoms. The number of aliphatic hydroxyl groups excluding tert-OH is 1. The van der Waals surface area contributed by atoms with Gasteiger partial charge in [0.15, 0.2) is 0 Å². The first-order valence-corrected chi connectivity index (χ1v) is 8.13. The van der Waals surface area contributed by atoms with Gasteiger partial charge in [-0.3, -0.25) is 0 Å². The fourth-order valence-electron chi connectivity index (χ4n) is 2.21. The van der Waals surface area contributed by atoms with Gasteiger partial charge in [-0.05, 0) is 29.8 Å². The minimum Gasteiger partial charge on any atom is -0.497 e. The number of hydrogen-bond donors (Lipinski definition) is 2. The Balaban J connectivity index is 1.72. The molecule has 0 heterocycles. The average molecular weight is 349 g/mol. The second-order valence-corrected chi connectivity index (χ2v) is 5.43. The van der Waals surface area contributed by atoms with Crippen LogP contribution in [0.5, 0.6) is 11.5 Å². The number of halogens is 1. The Labute approximate surface area is 147 Å². The maximum Gasteiger partial charge on any atom is 0.142 e. The number of alkyl halides is 1. The monoisotopic (exact) mass is 349 g/mol. The number of para-hydroxylation sites is 2. The van der Waals surface area contributed by atoms with Gasteiger partial charge in [0, 0.05) is 6.54 Å². The van der Waals surface area contributed by atoms with Gasteiger partial charge in [-0.2, -0.15) is 0 Å². The number of anilines is 1. The first kappa shape index (κ1) is 19.0. The molecular weight excluding hydrogens is 325 g/mol. The third kappa shape index (κ3) is 6.60. The summed E-state index contributed by atoms with van der Waals surface area (Å²) in [4.78, 5) is 0. The number of methoxy groups -OCH3 is 1. The van der Waals surface area contributed by atoms with Crippen LogP contribution in [0.2, 0.25) is 0 Å². The zero-order valence-electron chi connectivity index (χ0n) is 14.3. The second-order valence-electron chi connectivity index (χ2n) is 5.43. The molecule has 0 fully saturated rings. The Morgan fingerprint density at radius 3 is 2.60 bits per heavy atom. The van der Waals surface area contributed by atoms with Crippen LogP contribution in [0.15, 0.2) is 48.5 Å². The Kier molecular flexibility index (Phi) is 8.01. The van der Waals surface area contributed by atoms with Crippen LogP contribution in [0.25, 0.3) is 0 Å². The van der Waals surface area contributed by atoms with Crippen LogP contribution in [-0.2, 0) is 11.3 Å². The van der Waals surface area contributed by atoms with Gasteiger partial charge in [-0.25, -0.2) is 4.39 Å². The molecule has 2 rings (SSSR count). The molecule has 0 aromatic heterocycles. The van der Waals surface area contributed by atoms with Crippen molar-refractivity contribution in [1.82, 2.24) is 0 Å². The fourth-order valence-corrected chi connectivity index (χ4v) is 2.21. The highest BCUT2D eigenvalue weighted by Gasteiger charge is 2.07. The van der Waals surface area contributed by atoms with Crippen molar-refractivity contribution in [3.63, 3.8) is 0 Å². The Morgan fingerprint density at radius 2 is 1.88 bits per heavy atom. The van der Waals surface area contributed by atoms with E-state index in [0.29, 0.717) is 24.6 Å². The lowest BCUT2D eigenvalue weighted by atomic mass is 10.2. The minimum atomic E-state index is -0.674. The van der Waals surface area contributed by atoms with Gasteiger partial charge < -0.3 is 24.6 Å². The van der Waals surface area contributed by atoms with Crippen LogP contribution in [0.1, 0.15) is 5.56 Å². The normalized spacial score (nSPS) is 11.8. The van der Waals surface area contributed by atoms with Crippen LogP contribution in [-0.4, -0.2) is 44.8 Å². The summed E-state index contributed by atoms with van der Waals surface area (Å²) in [6, 6.07) is 14.8. The maximum atomic E-state index is 12.2. The Morgan fingerprint density at radius 1 is 1.12 bits per heavy atom. The van der Waals surface area contributed by atoms with Crippen molar-refractivity contribution in [2.24, 2.45) is 0 Å². The zero-order chi connectivity index (χ0) is 17.9. The van der Waals surface area contributed by atoms with Gasteiger partial charge in [-0.15, -0.1) is 0 Å². The molecule has 0 radical (unpaired) electrons. The summed E-state index contributed by atoms with van der Waals surface area (Å²) >= 11 is 0. The molecule has 0 bridgehead atoms. The molecule has 0 aliphatic carbocycles. The third-order valence-corrected chi connectivity index (χ3v) is 3.49.